The molecule has 36 heavy (non-hydrogen) atoms. The van der Waals surface area contributed by atoms with Gasteiger partial charge in [-0.25, -0.2) is 4.68 Å². The van der Waals surface area contributed by atoms with Gasteiger partial charge in [0, 0.05) is 23.9 Å². The highest BCUT2D eigenvalue weighted by molar-refractivity contribution is 8.26. The summed E-state index contributed by atoms with van der Waals surface area (Å²) in [6.45, 7) is 5.71. The van der Waals surface area contributed by atoms with E-state index in [2.05, 4.69) is 13.8 Å². The lowest BCUT2D eigenvalue weighted by Gasteiger charge is -2.12. The Kier molecular flexibility index (Phi) is 9.36. The molecule has 2 heterocycles. The number of amides is 1. The summed E-state index contributed by atoms with van der Waals surface area (Å²) in [4.78, 5) is 15.4. The fraction of sp³-hybridized carbons (Fsp3) is 0.345. The third kappa shape index (κ3) is 6.45. The maximum absolute atomic E-state index is 13.1. The number of benzene rings is 2. The summed E-state index contributed by atoms with van der Waals surface area (Å²) in [6.07, 6.45) is 10.6. The normalized spacial score (nSPS) is 14.7. The molecule has 0 aliphatic carbocycles. The van der Waals surface area contributed by atoms with Gasteiger partial charge in [0.1, 0.15) is 10.1 Å². The lowest BCUT2D eigenvalue weighted by atomic mass is 10.1. The average molecular weight is 520 g/mol. The summed E-state index contributed by atoms with van der Waals surface area (Å²) < 4.78 is 8.40. The zero-order valence-corrected chi connectivity index (χ0v) is 22.6. The average Bonchev–Trinajstić information content (AvgIpc) is 3.44. The van der Waals surface area contributed by atoms with Crippen molar-refractivity contribution in [1.82, 2.24) is 14.7 Å². The van der Waals surface area contributed by atoms with Crippen LogP contribution in [0.15, 0.2) is 65.7 Å². The van der Waals surface area contributed by atoms with Crippen LogP contribution in [-0.4, -0.2) is 38.1 Å². The number of para-hydroxylation sites is 1. The lowest BCUT2D eigenvalue weighted by molar-refractivity contribution is -0.122. The van der Waals surface area contributed by atoms with Crippen molar-refractivity contribution in [2.24, 2.45) is 0 Å². The van der Waals surface area contributed by atoms with Crippen molar-refractivity contribution in [3.63, 3.8) is 0 Å². The Morgan fingerprint density at radius 2 is 1.72 bits per heavy atom. The van der Waals surface area contributed by atoms with E-state index >= 15 is 0 Å². The highest BCUT2D eigenvalue weighted by Crippen LogP contribution is 2.35. The molecule has 1 aromatic heterocycles. The van der Waals surface area contributed by atoms with Crippen molar-refractivity contribution < 1.29 is 9.53 Å². The molecular formula is C29H33N3O2S2. The second-order valence-corrected chi connectivity index (χ2v) is 10.5. The first-order valence-corrected chi connectivity index (χ1v) is 14.0. The van der Waals surface area contributed by atoms with Gasteiger partial charge in [-0.1, -0.05) is 81.7 Å². The topological polar surface area (TPSA) is 47.4 Å². The lowest BCUT2D eigenvalue weighted by Crippen LogP contribution is -2.28. The number of ether oxygens (including phenoxy) is 1. The molecule has 1 aliphatic heterocycles. The number of nitrogens with zero attached hydrogens (tertiary/aromatic N) is 3. The van der Waals surface area contributed by atoms with Gasteiger partial charge in [0.2, 0.25) is 0 Å². The van der Waals surface area contributed by atoms with Crippen LogP contribution in [0.25, 0.3) is 23.0 Å². The second kappa shape index (κ2) is 12.9. The molecule has 2 aromatic carbocycles. The number of thiocarbonyl (C=S) groups is 1. The molecule has 0 bridgehead atoms. The summed E-state index contributed by atoms with van der Waals surface area (Å²) in [5.41, 5.74) is 3.62. The Morgan fingerprint density at radius 1 is 0.972 bits per heavy atom. The Balaban J connectivity index is 1.61. The van der Waals surface area contributed by atoms with E-state index in [9.17, 15) is 4.79 Å². The van der Waals surface area contributed by atoms with E-state index in [-0.39, 0.29) is 5.91 Å². The van der Waals surface area contributed by atoms with E-state index < -0.39 is 0 Å². The van der Waals surface area contributed by atoms with E-state index in [0.717, 1.165) is 54.1 Å². The van der Waals surface area contributed by atoms with Crippen molar-refractivity contribution in [2.75, 3.05) is 13.2 Å². The van der Waals surface area contributed by atoms with Crippen molar-refractivity contribution in [3.05, 3.63) is 71.3 Å². The van der Waals surface area contributed by atoms with E-state index in [1.807, 2.05) is 71.6 Å². The molecule has 0 N–H and O–H groups in total. The van der Waals surface area contributed by atoms with Crippen LogP contribution in [-0.2, 0) is 4.79 Å². The molecule has 0 atom stereocenters. The molecule has 1 fully saturated rings. The summed E-state index contributed by atoms with van der Waals surface area (Å²) in [5, 5.41) is 4.90. The number of thioether (sulfide) groups is 1. The predicted octanol–water partition coefficient (Wildman–Crippen LogP) is 7.50. The predicted molar refractivity (Wildman–Crippen MR) is 153 cm³/mol. The standard InChI is InChI=1S/C29H33N3O2S2/c1-3-5-7-11-19-34-25-16-14-22(15-17-25)27-23(21-32(30-27)24-12-9-8-10-13-24)20-26-28(33)31(18-6-4-2)29(35)36-26/h8-10,12-17,20-21H,3-7,11,18-19H2,1-2H3. The minimum atomic E-state index is -0.0244. The zero-order valence-electron chi connectivity index (χ0n) is 21.0. The minimum Gasteiger partial charge on any atom is -0.494 e. The highest BCUT2D eigenvalue weighted by Gasteiger charge is 2.31. The number of aromatic nitrogens is 2. The number of rotatable bonds is 12. The Hall–Kier alpha value is -2.90. The van der Waals surface area contributed by atoms with Crippen LogP contribution in [0.2, 0.25) is 0 Å². The quantitative estimate of drug-likeness (QED) is 0.141. The zero-order chi connectivity index (χ0) is 25.3. The van der Waals surface area contributed by atoms with Crippen LogP contribution < -0.4 is 4.74 Å². The molecule has 7 heteroatoms. The van der Waals surface area contributed by atoms with Gasteiger partial charge in [-0.3, -0.25) is 9.69 Å². The number of carbonyl (C=O) groups is 1. The minimum absolute atomic E-state index is 0.0244. The van der Waals surface area contributed by atoms with Crippen LogP contribution >= 0.6 is 24.0 Å². The molecule has 188 valence electrons. The Bertz CT molecular complexity index is 1200. The van der Waals surface area contributed by atoms with Crippen LogP contribution in [0, 0.1) is 0 Å². The molecule has 4 rings (SSSR count). The molecule has 1 aliphatic rings. The molecule has 0 spiro atoms. The van der Waals surface area contributed by atoms with Gasteiger partial charge in [0.15, 0.2) is 0 Å². The highest BCUT2D eigenvalue weighted by atomic mass is 32.2. The summed E-state index contributed by atoms with van der Waals surface area (Å²) in [6, 6.07) is 18.0. The molecule has 1 saturated heterocycles. The summed E-state index contributed by atoms with van der Waals surface area (Å²) >= 11 is 6.86. The first-order valence-electron chi connectivity index (χ1n) is 12.7. The smallest absolute Gasteiger partial charge is 0.266 e. The van der Waals surface area contributed by atoms with Gasteiger partial charge in [0.05, 0.1) is 22.9 Å². The number of hydrogen-bond donors (Lipinski definition) is 0. The van der Waals surface area contributed by atoms with Gasteiger partial charge >= 0.3 is 0 Å². The molecule has 5 nitrogen and oxygen atoms in total. The van der Waals surface area contributed by atoms with Gasteiger partial charge in [0.25, 0.3) is 5.91 Å². The number of hydrogen-bond acceptors (Lipinski definition) is 5. The van der Waals surface area contributed by atoms with Crippen LogP contribution in [0.1, 0.15) is 57.9 Å². The molecular weight excluding hydrogens is 486 g/mol. The van der Waals surface area contributed by atoms with Crippen LogP contribution in [0.4, 0.5) is 0 Å². The van der Waals surface area contributed by atoms with Crippen LogP contribution in [0.5, 0.6) is 5.75 Å². The molecule has 3 aromatic rings. The van der Waals surface area contributed by atoms with E-state index in [1.54, 1.807) is 4.90 Å². The van der Waals surface area contributed by atoms with Crippen molar-refractivity contribution in [2.45, 2.75) is 52.4 Å². The van der Waals surface area contributed by atoms with Crippen molar-refractivity contribution in [3.8, 4) is 22.7 Å². The van der Waals surface area contributed by atoms with Crippen LogP contribution in [0.3, 0.4) is 0 Å². The molecule has 0 saturated carbocycles. The summed E-state index contributed by atoms with van der Waals surface area (Å²) in [5.74, 6) is 0.833. The maximum atomic E-state index is 13.1. The van der Waals surface area contributed by atoms with Crippen molar-refractivity contribution >= 4 is 40.3 Å². The maximum Gasteiger partial charge on any atom is 0.266 e. The van der Waals surface area contributed by atoms with E-state index in [0.29, 0.717) is 15.8 Å². The number of unbranched alkanes of at least 4 members (excludes halogenated alkanes) is 4. The molecule has 0 radical (unpaired) electrons. The van der Waals surface area contributed by atoms with Gasteiger partial charge in [-0.05, 0) is 55.3 Å². The van der Waals surface area contributed by atoms with Gasteiger partial charge in [-0.2, -0.15) is 5.10 Å². The summed E-state index contributed by atoms with van der Waals surface area (Å²) in [7, 11) is 0. The fourth-order valence-electron chi connectivity index (χ4n) is 4.01. The molecule has 1 amide bonds. The second-order valence-electron chi connectivity index (χ2n) is 8.83. The third-order valence-corrected chi connectivity index (χ3v) is 7.43. The van der Waals surface area contributed by atoms with Gasteiger partial charge in [-0.15, -0.1) is 0 Å². The van der Waals surface area contributed by atoms with E-state index in [4.69, 9.17) is 22.1 Å². The third-order valence-electron chi connectivity index (χ3n) is 6.05. The monoisotopic (exact) mass is 519 g/mol. The van der Waals surface area contributed by atoms with E-state index in [1.165, 1.54) is 31.0 Å². The molecule has 0 unspecified atom stereocenters. The Morgan fingerprint density at radius 3 is 2.44 bits per heavy atom. The van der Waals surface area contributed by atoms with Gasteiger partial charge < -0.3 is 4.74 Å². The van der Waals surface area contributed by atoms with Crippen molar-refractivity contribution in [1.29, 1.82) is 0 Å². The fourth-order valence-corrected chi connectivity index (χ4v) is 5.31. The SMILES string of the molecule is CCCCCCOc1ccc(-c2nn(-c3ccccc3)cc2C=C2SC(=S)N(CCCC)C2=O)cc1. The first-order chi connectivity index (χ1) is 17.6. The number of carbonyl (C=O) groups excluding carboxylic acids is 1. The Labute approximate surface area is 223 Å². The first kappa shape index (κ1) is 26.2. The largest absolute Gasteiger partial charge is 0.494 e.